The lowest BCUT2D eigenvalue weighted by Gasteiger charge is -2.34. The molecule has 0 saturated carbocycles. The molecular formula is C32H33FN4O3. The zero-order valence-corrected chi connectivity index (χ0v) is 23.2. The molecule has 2 aliphatic rings. The molecule has 0 spiro atoms. The quantitative estimate of drug-likeness (QED) is 0.374. The first kappa shape index (κ1) is 27.0. The summed E-state index contributed by atoms with van der Waals surface area (Å²) in [5.74, 6) is 1.28. The first-order chi connectivity index (χ1) is 19.2. The summed E-state index contributed by atoms with van der Waals surface area (Å²) >= 11 is 0. The highest BCUT2D eigenvalue weighted by Gasteiger charge is 2.36. The van der Waals surface area contributed by atoms with Crippen LogP contribution in [0.15, 0.2) is 95.7 Å². The highest BCUT2D eigenvalue weighted by atomic mass is 19.1. The molecule has 2 aromatic carbocycles. The van der Waals surface area contributed by atoms with Crippen molar-refractivity contribution in [2.24, 2.45) is 4.99 Å². The van der Waals surface area contributed by atoms with Crippen molar-refractivity contribution in [2.75, 3.05) is 32.2 Å². The molecule has 1 unspecified atom stereocenters. The Balaban J connectivity index is 1.57. The van der Waals surface area contributed by atoms with Crippen LogP contribution in [0.3, 0.4) is 0 Å². The van der Waals surface area contributed by atoms with Crippen LogP contribution in [0.2, 0.25) is 0 Å². The molecule has 7 nitrogen and oxygen atoms in total. The molecule has 1 fully saturated rings. The standard InChI is InChI=1S/C32H33FN4O3/c1-19-16-25(33)12-13-26(19)24-14-15-36(18-24)22(4)29-21(3)35-31(23-11-10-20(2)34-17-23)37(32(29)38)30-27(39-5)8-7-9-28(30)40-6/h7-13,16-17,24,38H,3-4,14-15,18H2,1-2,5-6H3. The maximum absolute atomic E-state index is 13.7. The summed E-state index contributed by atoms with van der Waals surface area (Å²) in [5.41, 5.74) is 5.48. The molecule has 1 atom stereocenters. The molecule has 1 aromatic heterocycles. The van der Waals surface area contributed by atoms with Gasteiger partial charge in [-0.3, -0.25) is 9.88 Å². The third kappa shape index (κ3) is 4.81. The highest BCUT2D eigenvalue weighted by Crippen LogP contribution is 2.44. The van der Waals surface area contributed by atoms with Crippen molar-refractivity contribution in [1.82, 2.24) is 9.88 Å². The van der Waals surface area contributed by atoms with Crippen molar-refractivity contribution >= 4 is 11.5 Å². The van der Waals surface area contributed by atoms with Gasteiger partial charge < -0.3 is 19.5 Å². The van der Waals surface area contributed by atoms with Gasteiger partial charge in [0.25, 0.3) is 0 Å². The minimum absolute atomic E-state index is 0.0928. The summed E-state index contributed by atoms with van der Waals surface area (Å²) in [6.45, 7) is 13.8. The Labute approximate surface area is 234 Å². The van der Waals surface area contributed by atoms with E-state index in [1.807, 2.05) is 38.1 Å². The number of hydrogen-bond donors (Lipinski definition) is 1. The van der Waals surface area contributed by atoms with E-state index in [1.54, 1.807) is 43.5 Å². The van der Waals surface area contributed by atoms with Crippen molar-refractivity contribution in [3.05, 3.63) is 119 Å². The lowest BCUT2D eigenvalue weighted by molar-refractivity contribution is 0.371. The van der Waals surface area contributed by atoms with E-state index in [0.717, 1.165) is 29.8 Å². The van der Waals surface area contributed by atoms with Gasteiger partial charge in [0, 0.05) is 42.2 Å². The molecule has 3 heterocycles. The van der Waals surface area contributed by atoms with Crippen LogP contribution in [0, 0.1) is 19.7 Å². The highest BCUT2D eigenvalue weighted by molar-refractivity contribution is 6.14. The predicted octanol–water partition coefficient (Wildman–Crippen LogP) is 6.41. The van der Waals surface area contributed by atoms with E-state index in [0.29, 0.717) is 52.1 Å². The van der Waals surface area contributed by atoms with Crippen LogP contribution < -0.4 is 14.4 Å². The minimum atomic E-state index is -0.238. The number of aliphatic imine (C=N–C) groups is 1. The molecule has 0 bridgehead atoms. The van der Waals surface area contributed by atoms with Gasteiger partial charge in [-0.2, -0.15) is 0 Å². The summed E-state index contributed by atoms with van der Waals surface area (Å²) in [6.07, 6.45) is 2.58. The number of aliphatic hydroxyl groups excluding tert-OH is 1. The van der Waals surface area contributed by atoms with Crippen molar-refractivity contribution < 1.29 is 19.0 Å². The number of ether oxygens (including phenoxy) is 2. The maximum Gasteiger partial charge on any atom is 0.209 e. The van der Waals surface area contributed by atoms with Gasteiger partial charge in [0.2, 0.25) is 5.88 Å². The number of amidine groups is 1. The Kier molecular flexibility index (Phi) is 7.34. The lowest BCUT2D eigenvalue weighted by atomic mass is 9.94. The van der Waals surface area contributed by atoms with Gasteiger partial charge in [-0.25, -0.2) is 9.38 Å². The zero-order valence-electron chi connectivity index (χ0n) is 23.2. The fourth-order valence-electron chi connectivity index (χ4n) is 5.44. The zero-order chi connectivity index (χ0) is 28.6. The SMILES string of the molecule is C=C1N=C(c2ccc(C)nc2)N(c2c(OC)cccc2OC)C(O)=C1C(=C)N1CCC(c2ccc(F)cc2C)C1. The third-order valence-corrected chi connectivity index (χ3v) is 7.50. The second-order valence-electron chi connectivity index (χ2n) is 9.99. The third-order valence-electron chi connectivity index (χ3n) is 7.50. The number of aliphatic hydroxyl groups is 1. The van der Waals surface area contributed by atoms with Gasteiger partial charge in [0.05, 0.1) is 25.5 Å². The number of rotatable bonds is 7. The molecule has 206 valence electrons. The first-order valence-corrected chi connectivity index (χ1v) is 13.1. The van der Waals surface area contributed by atoms with E-state index in [4.69, 9.17) is 14.5 Å². The Morgan fingerprint density at radius 3 is 2.42 bits per heavy atom. The summed E-state index contributed by atoms with van der Waals surface area (Å²) in [7, 11) is 3.13. The topological polar surface area (TPSA) is 70.4 Å². The number of nitrogens with zero attached hydrogens (tertiary/aromatic N) is 4. The van der Waals surface area contributed by atoms with Gasteiger partial charge in [-0.05, 0) is 67.8 Å². The maximum atomic E-state index is 13.7. The number of benzene rings is 2. The monoisotopic (exact) mass is 540 g/mol. The number of likely N-dealkylation sites (tertiary alicyclic amines) is 1. The lowest BCUT2D eigenvalue weighted by Crippen LogP contribution is -2.37. The number of aryl methyl sites for hydroxylation is 2. The summed E-state index contributed by atoms with van der Waals surface area (Å²) in [6, 6.07) is 14.1. The van der Waals surface area contributed by atoms with Gasteiger partial charge >= 0.3 is 0 Å². The fourth-order valence-corrected chi connectivity index (χ4v) is 5.44. The number of hydrogen-bond acceptors (Lipinski definition) is 7. The van der Waals surface area contributed by atoms with E-state index >= 15 is 0 Å². The van der Waals surface area contributed by atoms with Crippen LogP contribution >= 0.6 is 0 Å². The number of pyridine rings is 1. The van der Waals surface area contributed by atoms with Crippen LogP contribution in [0.1, 0.15) is 34.7 Å². The van der Waals surface area contributed by atoms with Crippen LogP contribution in [-0.2, 0) is 0 Å². The summed E-state index contributed by atoms with van der Waals surface area (Å²) in [5, 5.41) is 12.0. The second kappa shape index (κ2) is 10.9. The number of para-hydroxylation sites is 1. The minimum Gasteiger partial charge on any atom is -0.494 e. The Morgan fingerprint density at radius 2 is 1.80 bits per heavy atom. The molecule has 40 heavy (non-hydrogen) atoms. The van der Waals surface area contributed by atoms with Crippen LogP contribution in [0.4, 0.5) is 10.1 Å². The Morgan fingerprint density at radius 1 is 1.07 bits per heavy atom. The molecule has 0 radical (unpaired) electrons. The number of halogens is 1. The van der Waals surface area contributed by atoms with Gasteiger partial charge in [-0.1, -0.05) is 25.3 Å². The average molecular weight is 541 g/mol. The van der Waals surface area contributed by atoms with E-state index in [2.05, 4.69) is 23.0 Å². The van der Waals surface area contributed by atoms with E-state index in [9.17, 15) is 9.50 Å². The summed E-state index contributed by atoms with van der Waals surface area (Å²) in [4.78, 5) is 13.0. The molecule has 1 saturated heterocycles. The summed E-state index contributed by atoms with van der Waals surface area (Å²) < 4.78 is 25.1. The van der Waals surface area contributed by atoms with Crippen LogP contribution in [0.5, 0.6) is 11.5 Å². The van der Waals surface area contributed by atoms with E-state index in [1.165, 1.54) is 6.07 Å². The normalized spacial score (nSPS) is 17.3. The Bertz CT molecular complexity index is 1520. The van der Waals surface area contributed by atoms with E-state index in [-0.39, 0.29) is 17.6 Å². The first-order valence-electron chi connectivity index (χ1n) is 13.1. The van der Waals surface area contributed by atoms with Crippen molar-refractivity contribution in [3.8, 4) is 11.5 Å². The fraction of sp³-hybridized carbons (Fsp3) is 0.250. The second-order valence-corrected chi connectivity index (χ2v) is 9.99. The predicted molar refractivity (Wildman–Crippen MR) is 156 cm³/mol. The molecule has 2 aliphatic heterocycles. The molecule has 1 N–H and O–H groups in total. The number of anilines is 1. The molecular weight excluding hydrogens is 507 g/mol. The van der Waals surface area contributed by atoms with Crippen molar-refractivity contribution in [1.29, 1.82) is 0 Å². The number of aromatic nitrogens is 1. The molecule has 0 aliphatic carbocycles. The van der Waals surface area contributed by atoms with Crippen molar-refractivity contribution in [2.45, 2.75) is 26.2 Å². The van der Waals surface area contributed by atoms with Crippen LogP contribution in [0.25, 0.3) is 0 Å². The molecule has 3 aromatic rings. The molecule has 5 rings (SSSR count). The van der Waals surface area contributed by atoms with Crippen molar-refractivity contribution in [3.63, 3.8) is 0 Å². The molecule has 8 heteroatoms. The average Bonchev–Trinajstić information content (AvgIpc) is 3.43. The molecule has 0 amide bonds. The van der Waals surface area contributed by atoms with Gasteiger partial charge in [-0.15, -0.1) is 0 Å². The van der Waals surface area contributed by atoms with Gasteiger partial charge in [0.1, 0.15) is 28.8 Å². The van der Waals surface area contributed by atoms with Gasteiger partial charge in [0.15, 0.2) is 0 Å². The Hall–Kier alpha value is -4.59. The number of methoxy groups -OCH3 is 2. The van der Waals surface area contributed by atoms with E-state index < -0.39 is 0 Å². The largest absolute Gasteiger partial charge is 0.494 e. The van der Waals surface area contributed by atoms with Crippen LogP contribution in [-0.4, -0.2) is 48.1 Å². The smallest absolute Gasteiger partial charge is 0.209 e.